The summed E-state index contributed by atoms with van der Waals surface area (Å²) in [5.41, 5.74) is 0.0899. The van der Waals surface area contributed by atoms with E-state index in [0.717, 1.165) is 19.4 Å². The molecule has 0 saturated heterocycles. The lowest BCUT2D eigenvalue weighted by atomic mass is 9.68. The van der Waals surface area contributed by atoms with Crippen LogP contribution in [0.1, 0.15) is 46.5 Å². The van der Waals surface area contributed by atoms with Gasteiger partial charge >= 0.3 is 0 Å². The summed E-state index contributed by atoms with van der Waals surface area (Å²) in [5.74, 6) is 0. The fourth-order valence-corrected chi connectivity index (χ4v) is 2.49. The number of hydrogen-bond acceptors (Lipinski definition) is 2. The molecular weight excluding hydrogens is 160 g/mol. The van der Waals surface area contributed by atoms with Gasteiger partial charge in [-0.1, -0.05) is 27.2 Å². The Morgan fingerprint density at radius 2 is 2.08 bits per heavy atom. The second-order valence-corrected chi connectivity index (χ2v) is 4.92. The lowest BCUT2D eigenvalue weighted by molar-refractivity contribution is 0.159. The predicted molar refractivity (Wildman–Crippen MR) is 54.3 cm³/mol. The van der Waals surface area contributed by atoms with Crippen LogP contribution in [0.3, 0.4) is 0 Å². The number of nitrogens with zero attached hydrogens (tertiary/aromatic N) is 1. The molecule has 0 bridgehead atoms. The molecule has 0 amide bonds. The van der Waals surface area contributed by atoms with Crippen LogP contribution in [0.2, 0.25) is 0 Å². The molecule has 1 aliphatic carbocycles. The molecule has 0 radical (unpaired) electrons. The quantitative estimate of drug-likeness (QED) is 0.708. The first-order chi connectivity index (χ1) is 6.04. The molecule has 0 aromatic rings. The Morgan fingerprint density at radius 3 is 2.54 bits per heavy atom. The van der Waals surface area contributed by atoms with E-state index in [9.17, 15) is 5.26 Å². The second-order valence-electron chi connectivity index (χ2n) is 4.92. The zero-order chi connectivity index (χ0) is 9.95. The van der Waals surface area contributed by atoms with E-state index in [1.54, 1.807) is 0 Å². The van der Waals surface area contributed by atoms with E-state index in [1.165, 1.54) is 12.8 Å². The minimum atomic E-state index is -0.240. The maximum Gasteiger partial charge on any atom is 0.107 e. The molecule has 1 unspecified atom stereocenters. The maximum atomic E-state index is 9.19. The summed E-state index contributed by atoms with van der Waals surface area (Å²) in [4.78, 5) is 0. The van der Waals surface area contributed by atoms with Crippen LogP contribution in [0.5, 0.6) is 0 Å². The zero-order valence-corrected chi connectivity index (χ0v) is 8.98. The van der Waals surface area contributed by atoms with Crippen LogP contribution >= 0.6 is 0 Å². The molecule has 74 valence electrons. The van der Waals surface area contributed by atoms with Crippen LogP contribution < -0.4 is 5.32 Å². The number of rotatable bonds is 2. The highest BCUT2D eigenvalue weighted by Gasteiger charge is 2.39. The molecular formula is C11H20N2. The van der Waals surface area contributed by atoms with Crippen molar-refractivity contribution in [2.24, 2.45) is 5.41 Å². The summed E-state index contributed by atoms with van der Waals surface area (Å²) in [7, 11) is 0. The first-order valence-electron chi connectivity index (χ1n) is 5.20. The molecule has 1 saturated carbocycles. The van der Waals surface area contributed by atoms with Crippen molar-refractivity contribution in [2.45, 2.75) is 52.0 Å². The topological polar surface area (TPSA) is 35.8 Å². The van der Waals surface area contributed by atoms with E-state index in [-0.39, 0.29) is 5.54 Å². The lowest BCUT2D eigenvalue weighted by Gasteiger charge is -2.41. The molecule has 0 aromatic carbocycles. The average molecular weight is 180 g/mol. The molecule has 0 aromatic heterocycles. The van der Waals surface area contributed by atoms with Gasteiger partial charge in [0.2, 0.25) is 0 Å². The molecule has 1 atom stereocenters. The fourth-order valence-electron chi connectivity index (χ4n) is 2.49. The normalized spacial score (nSPS) is 32.5. The Hall–Kier alpha value is -0.550. The number of nitriles is 1. The van der Waals surface area contributed by atoms with Crippen molar-refractivity contribution in [2.75, 3.05) is 6.54 Å². The third-order valence-corrected chi connectivity index (χ3v) is 2.97. The van der Waals surface area contributed by atoms with E-state index in [0.29, 0.717) is 5.41 Å². The van der Waals surface area contributed by atoms with Gasteiger partial charge in [0.25, 0.3) is 0 Å². The van der Waals surface area contributed by atoms with Crippen LogP contribution in [-0.2, 0) is 0 Å². The highest BCUT2D eigenvalue weighted by atomic mass is 15.0. The lowest BCUT2D eigenvalue weighted by Crippen LogP contribution is -2.49. The van der Waals surface area contributed by atoms with Gasteiger partial charge in [-0.3, -0.25) is 5.32 Å². The van der Waals surface area contributed by atoms with Crippen LogP contribution in [-0.4, -0.2) is 12.1 Å². The van der Waals surface area contributed by atoms with E-state index in [2.05, 4.69) is 32.2 Å². The van der Waals surface area contributed by atoms with Gasteiger partial charge < -0.3 is 0 Å². The second kappa shape index (κ2) is 3.67. The van der Waals surface area contributed by atoms with Crippen LogP contribution in [0.4, 0.5) is 0 Å². The average Bonchev–Trinajstić information content (AvgIpc) is 2.03. The predicted octanol–water partition coefficient (Wildman–Crippen LogP) is 2.46. The first-order valence-corrected chi connectivity index (χ1v) is 5.20. The third kappa shape index (κ3) is 2.45. The van der Waals surface area contributed by atoms with E-state index in [4.69, 9.17) is 0 Å². The van der Waals surface area contributed by atoms with Crippen molar-refractivity contribution >= 4 is 0 Å². The highest BCUT2D eigenvalue weighted by Crippen LogP contribution is 2.40. The Labute approximate surface area is 81.3 Å². The van der Waals surface area contributed by atoms with Gasteiger partial charge in [0.1, 0.15) is 5.54 Å². The van der Waals surface area contributed by atoms with Gasteiger partial charge in [-0.15, -0.1) is 0 Å². The van der Waals surface area contributed by atoms with Gasteiger partial charge in [-0.25, -0.2) is 0 Å². The van der Waals surface area contributed by atoms with Crippen molar-refractivity contribution in [1.82, 2.24) is 5.32 Å². The van der Waals surface area contributed by atoms with E-state index in [1.807, 2.05) is 0 Å². The molecule has 13 heavy (non-hydrogen) atoms. The smallest absolute Gasteiger partial charge is 0.107 e. The van der Waals surface area contributed by atoms with Gasteiger partial charge in [-0.2, -0.15) is 5.26 Å². The summed E-state index contributed by atoms with van der Waals surface area (Å²) in [6.45, 7) is 7.48. The van der Waals surface area contributed by atoms with Gasteiger partial charge in [0.15, 0.2) is 0 Å². The van der Waals surface area contributed by atoms with Gasteiger partial charge in [-0.05, 0) is 31.2 Å². The molecule has 1 fully saturated rings. The Bertz CT molecular complexity index is 211. The monoisotopic (exact) mass is 180 g/mol. The van der Waals surface area contributed by atoms with E-state index < -0.39 is 0 Å². The molecule has 2 heteroatoms. The standard InChI is InChI=1S/C11H20N2/c1-4-13-11(9-12)7-5-6-10(2,3)8-11/h13H,4-8H2,1-3H3. The SMILES string of the molecule is CCNC1(C#N)CCCC(C)(C)C1. The number of nitrogens with one attached hydrogen (secondary N) is 1. The Morgan fingerprint density at radius 1 is 1.38 bits per heavy atom. The molecule has 1 N–H and O–H groups in total. The molecule has 2 nitrogen and oxygen atoms in total. The Kier molecular flexibility index (Phi) is 2.98. The largest absolute Gasteiger partial charge is 0.300 e. The van der Waals surface area contributed by atoms with Crippen molar-refractivity contribution in [1.29, 1.82) is 5.26 Å². The minimum Gasteiger partial charge on any atom is -0.300 e. The fraction of sp³-hybridized carbons (Fsp3) is 0.909. The van der Waals surface area contributed by atoms with Crippen molar-refractivity contribution in [3.63, 3.8) is 0 Å². The number of hydrogen-bond donors (Lipinski definition) is 1. The summed E-state index contributed by atoms with van der Waals surface area (Å²) >= 11 is 0. The van der Waals surface area contributed by atoms with Crippen LogP contribution in [0.15, 0.2) is 0 Å². The molecule has 0 aliphatic heterocycles. The summed E-state index contributed by atoms with van der Waals surface area (Å²) in [5, 5.41) is 12.5. The Balaban J connectivity index is 2.71. The van der Waals surface area contributed by atoms with E-state index >= 15 is 0 Å². The minimum absolute atomic E-state index is 0.240. The van der Waals surface area contributed by atoms with Gasteiger partial charge in [0.05, 0.1) is 6.07 Å². The molecule has 1 rings (SSSR count). The molecule has 1 aliphatic rings. The van der Waals surface area contributed by atoms with Crippen molar-refractivity contribution < 1.29 is 0 Å². The van der Waals surface area contributed by atoms with Crippen molar-refractivity contribution in [3.8, 4) is 6.07 Å². The van der Waals surface area contributed by atoms with Crippen LogP contribution in [0.25, 0.3) is 0 Å². The highest BCUT2D eigenvalue weighted by molar-refractivity contribution is 5.11. The van der Waals surface area contributed by atoms with Gasteiger partial charge in [0, 0.05) is 0 Å². The van der Waals surface area contributed by atoms with Crippen LogP contribution in [0, 0.1) is 16.7 Å². The van der Waals surface area contributed by atoms with Crippen molar-refractivity contribution in [3.05, 3.63) is 0 Å². The maximum absolute atomic E-state index is 9.19. The first kappa shape index (κ1) is 10.5. The molecule has 0 heterocycles. The third-order valence-electron chi connectivity index (χ3n) is 2.97. The molecule has 0 spiro atoms. The summed E-state index contributed by atoms with van der Waals surface area (Å²) < 4.78 is 0. The summed E-state index contributed by atoms with van der Waals surface area (Å²) in [6.07, 6.45) is 4.43. The summed E-state index contributed by atoms with van der Waals surface area (Å²) in [6, 6.07) is 2.46. The zero-order valence-electron chi connectivity index (χ0n) is 8.98.